The second-order valence-electron chi connectivity index (χ2n) is 4.94. The number of carbonyl (C=O) groups excluding carboxylic acids is 2. The summed E-state index contributed by atoms with van der Waals surface area (Å²) in [6, 6.07) is 7.03. The number of rotatable bonds is 3. The van der Waals surface area contributed by atoms with Crippen molar-refractivity contribution in [1.82, 2.24) is 16.0 Å². The van der Waals surface area contributed by atoms with Crippen LogP contribution in [0.25, 0.3) is 11.3 Å². The maximum absolute atomic E-state index is 14.1. The molecule has 0 atom stereocenters. The van der Waals surface area contributed by atoms with E-state index in [-0.39, 0.29) is 33.4 Å². The highest BCUT2D eigenvalue weighted by atomic mass is 35.5. The van der Waals surface area contributed by atoms with Crippen molar-refractivity contribution in [3.8, 4) is 11.3 Å². The van der Waals surface area contributed by atoms with Gasteiger partial charge in [0.1, 0.15) is 22.8 Å². The molecule has 2 heterocycles. The van der Waals surface area contributed by atoms with E-state index in [0.29, 0.717) is 0 Å². The highest BCUT2D eigenvalue weighted by molar-refractivity contribution is 6.33. The molecule has 0 bridgehead atoms. The molecule has 0 saturated carbocycles. The topological polar surface area (TPSA) is 97.4 Å². The number of furan rings is 1. The number of benzene rings is 1. The van der Waals surface area contributed by atoms with Crippen LogP contribution in [-0.2, 0) is 0 Å². The van der Waals surface area contributed by atoms with Crippen LogP contribution in [0.15, 0.2) is 45.5 Å². The zero-order valence-corrected chi connectivity index (χ0v) is 13.6. The van der Waals surface area contributed by atoms with Gasteiger partial charge in [-0.3, -0.25) is 20.4 Å². The van der Waals surface area contributed by atoms with E-state index in [1.807, 2.05) is 0 Å². The first-order valence-electron chi connectivity index (χ1n) is 7.04. The van der Waals surface area contributed by atoms with Gasteiger partial charge in [-0.15, -0.1) is 0 Å². The smallest absolute Gasteiger partial charge is 0.305 e. The third-order valence-electron chi connectivity index (χ3n) is 3.32. The van der Waals surface area contributed by atoms with Gasteiger partial charge in [0.15, 0.2) is 5.76 Å². The maximum atomic E-state index is 14.1. The van der Waals surface area contributed by atoms with E-state index in [4.69, 9.17) is 20.5 Å². The Kier molecular flexibility index (Phi) is 4.53. The largest absolute Gasteiger partial charge is 0.459 e. The van der Waals surface area contributed by atoms with Crippen LogP contribution in [0.4, 0.5) is 4.39 Å². The number of aromatic nitrogens is 1. The zero-order chi connectivity index (χ0) is 18.0. The molecule has 2 aromatic heterocycles. The minimum Gasteiger partial charge on any atom is -0.459 e. The van der Waals surface area contributed by atoms with Crippen LogP contribution >= 0.6 is 11.6 Å². The van der Waals surface area contributed by atoms with Gasteiger partial charge in [-0.2, -0.15) is 0 Å². The fourth-order valence-corrected chi connectivity index (χ4v) is 2.43. The van der Waals surface area contributed by atoms with Crippen molar-refractivity contribution in [3.63, 3.8) is 0 Å². The van der Waals surface area contributed by atoms with Gasteiger partial charge in [-0.25, -0.2) is 4.39 Å². The first kappa shape index (κ1) is 16.7. The summed E-state index contributed by atoms with van der Waals surface area (Å²) in [7, 11) is 0. The Balaban J connectivity index is 1.87. The van der Waals surface area contributed by atoms with Gasteiger partial charge in [0.2, 0.25) is 0 Å². The Morgan fingerprint density at radius 3 is 2.60 bits per heavy atom. The molecule has 1 aromatic carbocycles. The molecule has 3 aromatic rings. The van der Waals surface area contributed by atoms with Gasteiger partial charge < -0.3 is 8.94 Å². The van der Waals surface area contributed by atoms with Crippen LogP contribution < -0.4 is 10.9 Å². The van der Waals surface area contributed by atoms with E-state index in [9.17, 15) is 14.0 Å². The fraction of sp³-hybridized carbons (Fsp3) is 0.0625. The molecule has 0 aliphatic carbocycles. The number of aryl methyl sites for hydroxylation is 1. The third kappa shape index (κ3) is 3.24. The molecule has 128 valence electrons. The highest BCUT2D eigenvalue weighted by Crippen LogP contribution is 2.33. The summed E-state index contributed by atoms with van der Waals surface area (Å²) < 4.78 is 24.0. The number of hydrogen-bond donors (Lipinski definition) is 2. The van der Waals surface area contributed by atoms with Crippen LogP contribution in [0.3, 0.4) is 0 Å². The van der Waals surface area contributed by atoms with Gasteiger partial charge in [-0.1, -0.05) is 22.8 Å². The minimum atomic E-state index is -0.743. The van der Waals surface area contributed by atoms with Crippen LogP contribution in [0.1, 0.15) is 26.7 Å². The van der Waals surface area contributed by atoms with E-state index >= 15 is 0 Å². The second-order valence-corrected chi connectivity index (χ2v) is 5.35. The zero-order valence-electron chi connectivity index (χ0n) is 12.8. The van der Waals surface area contributed by atoms with E-state index in [2.05, 4.69) is 16.0 Å². The summed E-state index contributed by atoms with van der Waals surface area (Å²) >= 11 is 6.01. The molecule has 25 heavy (non-hydrogen) atoms. The molecular weight excluding hydrogens is 353 g/mol. The number of hydrazine groups is 1. The average Bonchev–Trinajstić information content (AvgIpc) is 3.22. The molecule has 0 unspecified atom stereocenters. The molecule has 0 fully saturated rings. The minimum absolute atomic E-state index is 0.0136. The van der Waals surface area contributed by atoms with E-state index in [1.165, 1.54) is 43.5 Å². The van der Waals surface area contributed by atoms with Gasteiger partial charge in [0, 0.05) is 0 Å². The summed E-state index contributed by atoms with van der Waals surface area (Å²) in [6.45, 7) is 1.48. The third-order valence-corrected chi connectivity index (χ3v) is 3.64. The Bertz CT molecular complexity index is 917. The molecule has 2 N–H and O–H groups in total. The number of amides is 2. The lowest BCUT2D eigenvalue weighted by Crippen LogP contribution is -2.41. The summed E-state index contributed by atoms with van der Waals surface area (Å²) in [4.78, 5) is 24.2. The fourth-order valence-electron chi connectivity index (χ4n) is 2.18. The van der Waals surface area contributed by atoms with Crippen molar-refractivity contribution < 1.29 is 22.9 Å². The van der Waals surface area contributed by atoms with Crippen LogP contribution in [0.5, 0.6) is 0 Å². The Labute approximate surface area is 145 Å². The second kappa shape index (κ2) is 6.78. The monoisotopic (exact) mass is 363 g/mol. The number of halogens is 2. The van der Waals surface area contributed by atoms with Gasteiger partial charge in [0.25, 0.3) is 5.91 Å². The predicted octanol–water partition coefficient (Wildman–Crippen LogP) is 3.11. The van der Waals surface area contributed by atoms with E-state index < -0.39 is 17.6 Å². The molecule has 2 amide bonds. The standard InChI is InChI=1S/C16H11ClFN3O4/c1-8-12(16(23)20-19-15(22)11-6-3-7-24-11)14(21-25-8)13-9(17)4-2-5-10(13)18/h2-7H,1H3,(H,19,22)(H,20,23). The van der Waals surface area contributed by atoms with Crippen LogP contribution in [0, 0.1) is 12.7 Å². The lowest BCUT2D eigenvalue weighted by atomic mass is 10.1. The van der Waals surface area contributed by atoms with Crippen molar-refractivity contribution in [3.05, 3.63) is 64.5 Å². The molecule has 0 radical (unpaired) electrons. The first-order chi connectivity index (χ1) is 12.0. The quantitative estimate of drug-likeness (QED) is 0.697. The number of hydrogen-bond acceptors (Lipinski definition) is 5. The molecule has 3 rings (SSSR count). The molecule has 0 spiro atoms. The van der Waals surface area contributed by atoms with Gasteiger partial charge >= 0.3 is 5.91 Å². The SMILES string of the molecule is Cc1onc(-c2c(F)cccc2Cl)c1C(=O)NNC(=O)c1ccco1. The normalized spacial score (nSPS) is 10.5. The van der Waals surface area contributed by atoms with E-state index in [0.717, 1.165) is 0 Å². The number of carbonyl (C=O) groups is 2. The van der Waals surface area contributed by atoms with Crippen molar-refractivity contribution in [2.45, 2.75) is 6.92 Å². The lowest BCUT2D eigenvalue weighted by Gasteiger charge is -2.07. The summed E-state index contributed by atoms with van der Waals surface area (Å²) in [5.74, 6) is -1.90. The first-order valence-corrected chi connectivity index (χ1v) is 7.41. The van der Waals surface area contributed by atoms with Gasteiger partial charge in [0.05, 0.1) is 16.8 Å². The maximum Gasteiger partial charge on any atom is 0.305 e. The van der Waals surface area contributed by atoms with Crippen molar-refractivity contribution in [2.75, 3.05) is 0 Å². The summed E-state index contributed by atoms with van der Waals surface area (Å²) in [5, 5.41) is 3.79. The van der Waals surface area contributed by atoms with Crippen molar-refractivity contribution in [2.24, 2.45) is 0 Å². The molecule has 9 heteroatoms. The Hall–Kier alpha value is -3.13. The number of nitrogens with zero attached hydrogens (tertiary/aromatic N) is 1. The van der Waals surface area contributed by atoms with Crippen molar-refractivity contribution in [1.29, 1.82) is 0 Å². The van der Waals surface area contributed by atoms with Crippen LogP contribution in [0.2, 0.25) is 5.02 Å². The Morgan fingerprint density at radius 1 is 1.16 bits per heavy atom. The predicted molar refractivity (Wildman–Crippen MR) is 85.3 cm³/mol. The Morgan fingerprint density at radius 2 is 1.92 bits per heavy atom. The average molecular weight is 364 g/mol. The molecule has 7 nitrogen and oxygen atoms in total. The van der Waals surface area contributed by atoms with Crippen LogP contribution in [-0.4, -0.2) is 17.0 Å². The lowest BCUT2D eigenvalue weighted by molar-refractivity contribution is 0.0830. The number of nitrogens with one attached hydrogen (secondary N) is 2. The molecular formula is C16H11ClFN3O4. The molecule has 0 aliphatic heterocycles. The van der Waals surface area contributed by atoms with Gasteiger partial charge in [-0.05, 0) is 31.2 Å². The molecule has 0 aliphatic rings. The van der Waals surface area contributed by atoms with Crippen molar-refractivity contribution >= 4 is 23.4 Å². The summed E-state index contributed by atoms with van der Waals surface area (Å²) in [6.07, 6.45) is 1.32. The summed E-state index contributed by atoms with van der Waals surface area (Å²) in [5.41, 5.74) is 4.20. The van der Waals surface area contributed by atoms with E-state index in [1.54, 1.807) is 0 Å². The highest BCUT2D eigenvalue weighted by Gasteiger charge is 2.25. The molecule has 0 saturated heterocycles.